The molecule has 0 aromatic rings. The molecule has 5 heteroatoms. The van der Waals surface area contributed by atoms with Crippen molar-refractivity contribution in [3.05, 3.63) is 11.6 Å². The van der Waals surface area contributed by atoms with Gasteiger partial charge in [0.1, 0.15) is 11.7 Å². The molecule has 0 radical (unpaired) electrons. The molecule has 0 amide bonds. The highest BCUT2D eigenvalue weighted by atomic mass is 127. The first-order valence-corrected chi connectivity index (χ1v) is 15.9. The van der Waals surface area contributed by atoms with Crippen LogP contribution in [0.25, 0.3) is 0 Å². The molecular weight excluding hydrogens is 551 g/mol. The second-order valence-corrected chi connectivity index (χ2v) is 14.5. The molecule has 10 atom stereocenters. The molecule has 7 unspecified atom stereocenters. The van der Waals surface area contributed by atoms with Crippen LogP contribution in [0.5, 0.6) is 0 Å². The second kappa shape index (κ2) is 8.54. The highest BCUT2D eigenvalue weighted by molar-refractivity contribution is 14.1. The molecule has 1 aliphatic heterocycles. The van der Waals surface area contributed by atoms with Gasteiger partial charge in [0.05, 0.1) is 17.6 Å². The minimum Gasteiger partial charge on any atom is -0.481 e. The Kier molecular flexibility index (Phi) is 6.07. The first-order valence-electron chi connectivity index (χ1n) is 14.4. The highest BCUT2D eigenvalue weighted by Crippen LogP contribution is 2.84. The van der Waals surface area contributed by atoms with Crippen LogP contribution in [0.3, 0.4) is 0 Å². The lowest BCUT2D eigenvalue weighted by Crippen LogP contribution is -2.65. The van der Waals surface area contributed by atoms with Gasteiger partial charge in [-0.05, 0) is 73.5 Å². The van der Waals surface area contributed by atoms with Crippen molar-refractivity contribution in [1.29, 1.82) is 0 Å². The van der Waals surface area contributed by atoms with Gasteiger partial charge in [-0.1, -0.05) is 87.1 Å². The number of carboxylic acids is 1. The van der Waals surface area contributed by atoms with Gasteiger partial charge in [0.15, 0.2) is 0 Å². The van der Waals surface area contributed by atoms with Gasteiger partial charge in [-0.3, -0.25) is 4.79 Å². The van der Waals surface area contributed by atoms with E-state index in [1.807, 2.05) is 0 Å². The number of rotatable bonds is 7. The molecule has 6 rings (SSSR count). The van der Waals surface area contributed by atoms with Gasteiger partial charge >= 0.3 is 5.97 Å². The number of aliphatic carboxylic acids is 1. The molecule has 1 N–H and O–H groups in total. The Morgan fingerprint density at radius 2 is 1.97 bits per heavy atom. The summed E-state index contributed by atoms with van der Waals surface area (Å²) in [5, 5.41) is 11.3. The van der Waals surface area contributed by atoms with Crippen LogP contribution in [-0.2, 0) is 14.3 Å². The van der Waals surface area contributed by atoms with Crippen molar-refractivity contribution >= 4 is 34.8 Å². The van der Waals surface area contributed by atoms with E-state index in [1.165, 1.54) is 32.1 Å². The quantitative estimate of drug-likeness (QED) is 0.154. The Bertz CT molecular complexity index is 923. The van der Waals surface area contributed by atoms with E-state index >= 15 is 0 Å². The first-order chi connectivity index (χ1) is 16.8. The van der Waals surface area contributed by atoms with E-state index in [2.05, 4.69) is 49.4 Å². The van der Waals surface area contributed by atoms with Crippen molar-refractivity contribution in [3.63, 3.8) is 0 Å². The van der Waals surface area contributed by atoms with Gasteiger partial charge in [-0.25, -0.2) is 0 Å². The topological polar surface area (TPSA) is 63.6 Å². The third kappa shape index (κ3) is 2.95. The molecular formula is C30H43IO4. The van der Waals surface area contributed by atoms with Crippen molar-refractivity contribution in [3.8, 4) is 0 Å². The number of halogens is 1. The van der Waals surface area contributed by atoms with Crippen molar-refractivity contribution in [2.45, 2.75) is 97.2 Å². The number of carbonyl (C=O) groups is 2. The summed E-state index contributed by atoms with van der Waals surface area (Å²) in [6.45, 7) is 6.62. The number of alkyl halides is 1. The van der Waals surface area contributed by atoms with E-state index in [1.54, 1.807) is 0 Å². The van der Waals surface area contributed by atoms with Gasteiger partial charge in [0, 0.05) is 9.84 Å². The van der Waals surface area contributed by atoms with Crippen LogP contribution in [0.1, 0.15) is 85.0 Å². The zero-order valence-electron chi connectivity index (χ0n) is 21.7. The van der Waals surface area contributed by atoms with Crippen molar-refractivity contribution < 1.29 is 19.4 Å². The maximum absolute atomic E-state index is 13.8. The Morgan fingerprint density at radius 1 is 1.23 bits per heavy atom. The Morgan fingerprint density at radius 3 is 2.60 bits per heavy atom. The predicted molar refractivity (Wildman–Crippen MR) is 144 cm³/mol. The summed E-state index contributed by atoms with van der Waals surface area (Å²) in [5.74, 6) is 2.05. The van der Waals surface area contributed by atoms with Crippen LogP contribution >= 0.6 is 22.6 Å². The van der Waals surface area contributed by atoms with Crippen LogP contribution in [0, 0.1) is 57.7 Å². The van der Waals surface area contributed by atoms with Crippen LogP contribution < -0.4 is 0 Å². The number of hydrogen-bond donors (Lipinski definition) is 1. The molecule has 5 aliphatic carbocycles. The van der Waals surface area contributed by atoms with E-state index in [0.717, 1.165) is 54.3 Å². The number of aldehydes is 1. The van der Waals surface area contributed by atoms with Crippen LogP contribution in [-0.4, -0.2) is 34.0 Å². The van der Waals surface area contributed by atoms with Gasteiger partial charge in [0.2, 0.25) is 0 Å². The molecule has 35 heavy (non-hydrogen) atoms. The monoisotopic (exact) mass is 594 g/mol. The summed E-state index contributed by atoms with van der Waals surface area (Å²) >= 11 is 2.48. The fourth-order valence-corrected chi connectivity index (χ4v) is 12.0. The molecule has 0 aromatic carbocycles. The van der Waals surface area contributed by atoms with Crippen molar-refractivity contribution in [1.82, 2.24) is 0 Å². The fraction of sp³-hybridized carbons (Fsp3) is 0.867. The number of ether oxygens (including phenoxy) is 1. The molecule has 1 saturated heterocycles. The zero-order valence-corrected chi connectivity index (χ0v) is 23.8. The van der Waals surface area contributed by atoms with E-state index in [9.17, 15) is 14.7 Å². The number of allylic oxidation sites excluding steroid dienone is 1. The molecule has 0 aromatic heterocycles. The molecule has 0 spiro atoms. The third-order valence-electron chi connectivity index (χ3n) is 12.2. The summed E-state index contributed by atoms with van der Waals surface area (Å²) in [6, 6.07) is 0. The van der Waals surface area contributed by atoms with E-state index < -0.39 is 22.2 Å². The minimum atomic E-state index is -1.10. The smallest absolute Gasteiger partial charge is 0.315 e. The molecule has 194 valence electrons. The Labute approximate surface area is 224 Å². The second-order valence-electron chi connectivity index (χ2n) is 13.6. The van der Waals surface area contributed by atoms with E-state index in [0.29, 0.717) is 17.8 Å². The lowest BCUT2D eigenvalue weighted by atomic mass is 9.41. The molecule has 4 saturated carbocycles. The Hall–Kier alpha value is -0.430. The predicted octanol–water partition coefficient (Wildman–Crippen LogP) is 6.70. The maximum atomic E-state index is 13.8. The fourth-order valence-electron chi connectivity index (χ4n) is 11.1. The standard InChI is InChI=1S/C30H43IO4/c1-17(2)24-12-21-13-28(16-32)23-9-8-18(3)22(23)14-29(21,30(24,28)27(33)34)26-11-20(25(15-31)35-26)10-19-6-4-5-7-19/h12,16-23,25-26H,4-11,13-15H2,1-3H3,(H,33,34)/t18-,20?,21?,22-,23-,25?,26?,28?,29?,30?/m1/s1. The average molecular weight is 595 g/mol. The minimum absolute atomic E-state index is 0.0576. The average Bonchev–Trinajstić information content (AvgIpc) is 3.63. The van der Waals surface area contributed by atoms with Gasteiger partial charge < -0.3 is 14.6 Å². The lowest BCUT2D eigenvalue weighted by molar-refractivity contribution is -0.196. The summed E-state index contributed by atoms with van der Waals surface area (Å²) in [6.07, 6.45) is 15.0. The van der Waals surface area contributed by atoms with Crippen LogP contribution in [0.2, 0.25) is 0 Å². The van der Waals surface area contributed by atoms with E-state index in [4.69, 9.17) is 4.74 Å². The molecule has 4 nitrogen and oxygen atoms in total. The van der Waals surface area contributed by atoms with E-state index in [-0.39, 0.29) is 30.0 Å². The maximum Gasteiger partial charge on any atom is 0.315 e. The summed E-state index contributed by atoms with van der Waals surface area (Å²) in [4.78, 5) is 27.1. The Balaban J connectivity index is 1.48. The van der Waals surface area contributed by atoms with Crippen LogP contribution in [0.15, 0.2) is 11.6 Å². The number of carbonyl (C=O) groups excluding carboxylic acids is 1. The largest absolute Gasteiger partial charge is 0.481 e. The highest BCUT2D eigenvalue weighted by Gasteiger charge is 2.86. The molecule has 1 heterocycles. The number of carboxylic acid groups (broad SMARTS) is 1. The zero-order chi connectivity index (χ0) is 24.8. The summed E-state index contributed by atoms with van der Waals surface area (Å²) in [7, 11) is 0. The van der Waals surface area contributed by atoms with Crippen molar-refractivity contribution in [2.75, 3.05) is 4.43 Å². The first kappa shape index (κ1) is 24.9. The molecule has 6 aliphatic rings. The van der Waals surface area contributed by atoms with Crippen molar-refractivity contribution in [2.24, 2.45) is 57.7 Å². The normalized spacial score (nSPS) is 50.7. The molecule has 4 bridgehead atoms. The summed E-state index contributed by atoms with van der Waals surface area (Å²) in [5.41, 5.74) is -1.32. The van der Waals surface area contributed by atoms with Gasteiger partial charge in [-0.15, -0.1) is 0 Å². The number of hydrogen-bond acceptors (Lipinski definition) is 3. The van der Waals surface area contributed by atoms with Gasteiger partial charge in [-0.2, -0.15) is 0 Å². The number of fused-ring (bicyclic) bond motifs is 2. The third-order valence-corrected chi connectivity index (χ3v) is 13.1. The SMILES string of the molecule is CC(C)C1=CC2CC3(C=O)[C@@H]4CC[C@@H](C)[C@H]4CC2(C2CC(CC4CCCC4)C(CI)O2)C13C(=O)O. The summed E-state index contributed by atoms with van der Waals surface area (Å²) < 4.78 is 8.00. The molecule has 5 fully saturated rings. The van der Waals surface area contributed by atoms with Gasteiger partial charge in [0.25, 0.3) is 0 Å². The lowest BCUT2D eigenvalue weighted by Gasteiger charge is -2.60. The van der Waals surface area contributed by atoms with Crippen LogP contribution in [0.4, 0.5) is 0 Å².